The summed E-state index contributed by atoms with van der Waals surface area (Å²) in [6, 6.07) is 8.77. The maximum absolute atomic E-state index is 9.51. The summed E-state index contributed by atoms with van der Waals surface area (Å²) < 4.78 is 5.80. The number of aliphatic hydroxyl groups excluding tert-OH is 1. The van der Waals surface area contributed by atoms with Crippen molar-refractivity contribution in [3.63, 3.8) is 0 Å². The molecule has 106 valence electrons. The smallest absolute Gasteiger partial charge is 0.119 e. The Labute approximate surface area is 116 Å². The van der Waals surface area contributed by atoms with Gasteiger partial charge in [-0.25, -0.2) is 0 Å². The van der Waals surface area contributed by atoms with Gasteiger partial charge >= 0.3 is 0 Å². The molecule has 19 heavy (non-hydrogen) atoms. The first-order chi connectivity index (χ1) is 9.02. The fraction of sp³-hybridized carbons (Fsp3) is 0.625. The molecular formula is C16H25NO2. The summed E-state index contributed by atoms with van der Waals surface area (Å²) in [6.45, 7) is 6.94. The van der Waals surface area contributed by atoms with Gasteiger partial charge in [-0.1, -0.05) is 26.0 Å². The highest BCUT2D eigenvalue weighted by Gasteiger charge is 2.32. The molecule has 0 radical (unpaired) electrons. The molecule has 0 heterocycles. The Kier molecular flexibility index (Phi) is 4.48. The lowest BCUT2D eigenvalue weighted by Gasteiger charge is -2.28. The van der Waals surface area contributed by atoms with Gasteiger partial charge in [0, 0.05) is 6.04 Å². The van der Waals surface area contributed by atoms with Crippen molar-refractivity contribution < 1.29 is 9.84 Å². The number of hydrogen-bond donors (Lipinski definition) is 2. The Hall–Kier alpha value is -1.06. The molecule has 2 N–H and O–H groups in total. The van der Waals surface area contributed by atoms with E-state index in [9.17, 15) is 5.11 Å². The monoisotopic (exact) mass is 263 g/mol. The predicted molar refractivity (Wildman–Crippen MR) is 77.7 cm³/mol. The molecule has 0 aliphatic heterocycles. The second kappa shape index (κ2) is 5.93. The summed E-state index contributed by atoms with van der Waals surface area (Å²) in [7, 11) is 0. The average molecular weight is 263 g/mol. The third kappa shape index (κ3) is 4.22. The number of ether oxygens (including phenoxy) is 1. The highest BCUT2D eigenvalue weighted by atomic mass is 16.5. The molecule has 0 amide bonds. The highest BCUT2D eigenvalue weighted by Crippen LogP contribution is 2.23. The minimum absolute atomic E-state index is 0.0909. The van der Waals surface area contributed by atoms with Crippen molar-refractivity contribution in [1.29, 1.82) is 0 Å². The van der Waals surface area contributed by atoms with E-state index >= 15 is 0 Å². The normalized spacial score (nSPS) is 18.4. The first kappa shape index (κ1) is 14.4. The van der Waals surface area contributed by atoms with Crippen molar-refractivity contribution in [1.82, 2.24) is 5.32 Å². The van der Waals surface area contributed by atoms with Crippen LogP contribution in [0, 0.1) is 0 Å². The van der Waals surface area contributed by atoms with Crippen LogP contribution >= 0.6 is 0 Å². The van der Waals surface area contributed by atoms with E-state index in [2.05, 4.69) is 31.3 Å². The van der Waals surface area contributed by atoms with Crippen LogP contribution in [0.1, 0.15) is 45.1 Å². The van der Waals surface area contributed by atoms with Crippen molar-refractivity contribution in [3.05, 3.63) is 29.8 Å². The van der Waals surface area contributed by atoms with E-state index in [1.807, 2.05) is 19.1 Å². The standard InChI is InChI=1S/C16H25NO2/c1-12(2)13-4-8-15(9-5-13)19-11-16(3,10-18)17-14-6-7-14/h4-5,8-9,12,14,17-18H,6-7,10-11H2,1-3H3. The van der Waals surface area contributed by atoms with Crippen LogP contribution in [0.25, 0.3) is 0 Å². The lowest BCUT2D eigenvalue weighted by Crippen LogP contribution is -2.51. The molecule has 0 aromatic heterocycles. The number of benzene rings is 1. The largest absolute Gasteiger partial charge is 0.492 e. The van der Waals surface area contributed by atoms with Crippen LogP contribution in [0.4, 0.5) is 0 Å². The van der Waals surface area contributed by atoms with E-state index in [0.29, 0.717) is 18.6 Å². The molecule has 0 bridgehead atoms. The van der Waals surface area contributed by atoms with Crippen LogP contribution in [-0.2, 0) is 0 Å². The zero-order valence-corrected chi connectivity index (χ0v) is 12.1. The van der Waals surface area contributed by atoms with Gasteiger partial charge in [-0.3, -0.25) is 0 Å². The quantitative estimate of drug-likeness (QED) is 0.794. The summed E-state index contributed by atoms with van der Waals surface area (Å²) in [6.07, 6.45) is 2.41. The number of rotatable bonds is 7. The SMILES string of the molecule is CC(C)c1ccc(OCC(C)(CO)NC2CC2)cc1. The molecule has 0 spiro atoms. The minimum Gasteiger partial charge on any atom is -0.492 e. The molecule has 3 nitrogen and oxygen atoms in total. The molecule has 1 aliphatic carbocycles. The van der Waals surface area contributed by atoms with Crippen molar-refractivity contribution in [2.24, 2.45) is 0 Å². The molecule has 1 unspecified atom stereocenters. The molecule has 1 aromatic carbocycles. The second-order valence-corrected chi connectivity index (χ2v) is 6.15. The van der Waals surface area contributed by atoms with Crippen LogP contribution in [0.3, 0.4) is 0 Å². The van der Waals surface area contributed by atoms with E-state index in [4.69, 9.17) is 4.74 Å². The molecule has 2 rings (SSSR count). The molecule has 1 aliphatic rings. The molecule has 1 aromatic rings. The van der Waals surface area contributed by atoms with Gasteiger partial charge < -0.3 is 15.2 Å². The summed E-state index contributed by atoms with van der Waals surface area (Å²) in [5, 5.41) is 13.0. The Morgan fingerprint density at radius 2 is 1.95 bits per heavy atom. The molecule has 1 saturated carbocycles. The van der Waals surface area contributed by atoms with Crippen molar-refractivity contribution in [2.75, 3.05) is 13.2 Å². The molecule has 0 saturated heterocycles. The van der Waals surface area contributed by atoms with Gasteiger partial charge in [-0.2, -0.15) is 0 Å². The van der Waals surface area contributed by atoms with Gasteiger partial charge in [0.25, 0.3) is 0 Å². The third-order valence-electron chi connectivity index (χ3n) is 3.58. The van der Waals surface area contributed by atoms with Crippen LogP contribution in [0.15, 0.2) is 24.3 Å². The third-order valence-corrected chi connectivity index (χ3v) is 3.58. The van der Waals surface area contributed by atoms with E-state index in [1.165, 1.54) is 18.4 Å². The van der Waals surface area contributed by atoms with Gasteiger partial charge in [0.2, 0.25) is 0 Å². The molecular weight excluding hydrogens is 238 g/mol. The van der Waals surface area contributed by atoms with Crippen LogP contribution in [0.5, 0.6) is 5.75 Å². The Morgan fingerprint density at radius 3 is 2.42 bits per heavy atom. The zero-order chi connectivity index (χ0) is 13.9. The number of nitrogens with one attached hydrogen (secondary N) is 1. The number of aliphatic hydroxyl groups is 1. The second-order valence-electron chi connectivity index (χ2n) is 6.15. The first-order valence-corrected chi connectivity index (χ1v) is 7.14. The van der Waals surface area contributed by atoms with Gasteiger partial charge in [0.1, 0.15) is 12.4 Å². The topological polar surface area (TPSA) is 41.5 Å². The Morgan fingerprint density at radius 1 is 1.32 bits per heavy atom. The van der Waals surface area contributed by atoms with Crippen molar-refractivity contribution in [2.45, 2.75) is 51.1 Å². The van der Waals surface area contributed by atoms with Gasteiger partial charge in [0.15, 0.2) is 0 Å². The summed E-state index contributed by atoms with van der Waals surface area (Å²) in [5.41, 5.74) is 0.964. The molecule has 3 heteroatoms. The van der Waals surface area contributed by atoms with Crippen molar-refractivity contribution in [3.8, 4) is 5.75 Å². The average Bonchev–Trinajstić information content (AvgIpc) is 3.21. The van der Waals surface area contributed by atoms with E-state index in [1.54, 1.807) is 0 Å². The minimum atomic E-state index is -0.349. The van der Waals surface area contributed by atoms with Crippen LogP contribution in [-0.4, -0.2) is 29.9 Å². The summed E-state index contributed by atoms with van der Waals surface area (Å²) in [5.74, 6) is 1.40. The Balaban J connectivity index is 1.89. The zero-order valence-electron chi connectivity index (χ0n) is 12.1. The predicted octanol–water partition coefficient (Wildman–Crippen LogP) is 2.69. The summed E-state index contributed by atoms with van der Waals surface area (Å²) in [4.78, 5) is 0. The highest BCUT2D eigenvalue weighted by molar-refractivity contribution is 5.29. The van der Waals surface area contributed by atoms with E-state index in [0.717, 1.165) is 5.75 Å². The van der Waals surface area contributed by atoms with Crippen molar-refractivity contribution >= 4 is 0 Å². The maximum Gasteiger partial charge on any atom is 0.119 e. The fourth-order valence-electron chi connectivity index (χ4n) is 2.04. The van der Waals surface area contributed by atoms with Gasteiger partial charge in [-0.05, 0) is 43.4 Å². The molecule has 1 atom stereocenters. The van der Waals surface area contributed by atoms with Gasteiger partial charge in [0.05, 0.1) is 12.1 Å². The Bertz CT molecular complexity index is 398. The van der Waals surface area contributed by atoms with Crippen LogP contribution < -0.4 is 10.1 Å². The lowest BCUT2D eigenvalue weighted by molar-refractivity contribution is 0.114. The molecule has 1 fully saturated rings. The summed E-state index contributed by atoms with van der Waals surface area (Å²) >= 11 is 0. The van der Waals surface area contributed by atoms with Crippen LogP contribution in [0.2, 0.25) is 0 Å². The first-order valence-electron chi connectivity index (χ1n) is 7.14. The number of hydrogen-bond acceptors (Lipinski definition) is 3. The fourth-order valence-corrected chi connectivity index (χ4v) is 2.04. The van der Waals surface area contributed by atoms with Gasteiger partial charge in [-0.15, -0.1) is 0 Å². The lowest BCUT2D eigenvalue weighted by atomic mass is 10.0. The van der Waals surface area contributed by atoms with E-state index in [-0.39, 0.29) is 12.1 Å². The maximum atomic E-state index is 9.51. The van der Waals surface area contributed by atoms with E-state index < -0.39 is 0 Å².